The molecule has 7 heteroatoms. The zero-order valence-electron chi connectivity index (χ0n) is 12.6. The first kappa shape index (κ1) is 18.2. The van der Waals surface area contributed by atoms with Crippen LogP contribution in [0.2, 0.25) is 0 Å². The van der Waals surface area contributed by atoms with Gasteiger partial charge in [-0.1, -0.05) is 48.0 Å². The fourth-order valence-corrected chi connectivity index (χ4v) is 2.21. The number of alkyl halides is 4. The van der Waals surface area contributed by atoms with Crippen molar-refractivity contribution in [2.75, 3.05) is 0 Å². The lowest BCUT2D eigenvalue weighted by molar-refractivity contribution is -0.191. The van der Waals surface area contributed by atoms with E-state index in [1.807, 2.05) is 0 Å². The van der Waals surface area contributed by atoms with Crippen LogP contribution in [0.3, 0.4) is 0 Å². The summed E-state index contributed by atoms with van der Waals surface area (Å²) in [6.07, 6.45) is -6.17. The van der Waals surface area contributed by atoms with E-state index >= 15 is 0 Å². The van der Waals surface area contributed by atoms with Crippen LogP contribution in [-0.4, -0.2) is 17.6 Å². The molecule has 0 aliphatic rings. The molecule has 0 aliphatic heterocycles. The summed E-state index contributed by atoms with van der Waals surface area (Å²) in [5, 5.41) is -0.659. The van der Waals surface area contributed by atoms with Gasteiger partial charge >= 0.3 is 17.6 Å². The zero-order chi connectivity index (χ0) is 17.7. The fraction of sp³-hybridized carbons (Fsp3) is 0.235. The van der Waals surface area contributed by atoms with Gasteiger partial charge in [-0.25, -0.2) is 8.78 Å². The Morgan fingerprint density at radius 1 is 1.04 bits per heavy atom. The molecule has 0 aromatic heterocycles. The number of para-hydroxylation sites is 1. The molecule has 0 fully saturated rings. The molecule has 2 rings (SSSR count). The van der Waals surface area contributed by atoms with Crippen LogP contribution in [0.15, 0.2) is 54.6 Å². The number of aryl methyl sites for hydroxylation is 1. The van der Waals surface area contributed by atoms with Gasteiger partial charge in [0.2, 0.25) is 0 Å². The van der Waals surface area contributed by atoms with Gasteiger partial charge in [0.05, 0.1) is 0 Å². The Kier molecular flexibility index (Phi) is 5.77. The van der Waals surface area contributed by atoms with Gasteiger partial charge in [0.1, 0.15) is 5.75 Å². The Hall–Kier alpha value is -2.15. The summed E-state index contributed by atoms with van der Waals surface area (Å²) in [5.74, 6) is -4.18. The smallest absolute Gasteiger partial charge is 0.358 e. The van der Waals surface area contributed by atoms with Crippen molar-refractivity contribution in [3.8, 4) is 5.75 Å². The molecule has 0 aliphatic carbocycles. The largest absolute Gasteiger partial charge is 0.442 e. The SMILES string of the molecule is Cc1cccc(C(OC(=S)Oc2ccccc2)C(F)(F)C(F)F)c1. The van der Waals surface area contributed by atoms with Crippen molar-refractivity contribution in [2.24, 2.45) is 0 Å². The highest BCUT2D eigenvalue weighted by atomic mass is 32.1. The van der Waals surface area contributed by atoms with Crippen molar-refractivity contribution >= 4 is 17.5 Å². The van der Waals surface area contributed by atoms with Crippen LogP contribution in [-0.2, 0) is 4.74 Å². The molecule has 0 radical (unpaired) electrons. The van der Waals surface area contributed by atoms with Gasteiger partial charge in [-0.3, -0.25) is 0 Å². The predicted molar refractivity (Wildman–Crippen MR) is 85.6 cm³/mol. The van der Waals surface area contributed by atoms with E-state index in [0.29, 0.717) is 5.56 Å². The van der Waals surface area contributed by atoms with Gasteiger partial charge in [0, 0.05) is 12.2 Å². The summed E-state index contributed by atoms with van der Waals surface area (Å²) in [6, 6.07) is 13.8. The fourth-order valence-electron chi connectivity index (χ4n) is 2.02. The summed E-state index contributed by atoms with van der Waals surface area (Å²) in [6.45, 7) is 1.65. The number of rotatable bonds is 5. The summed E-state index contributed by atoms with van der Waals surface area (Å²) in [7, 11) is 0. The second-order valence-corrected chi connectivity index (χ2v) is 5.39. The number of thiocarbonyl (C=S) groups is 1. The minimum Gasteiger partial charge on any atom is -0.442 e. The minimum absolute atomic E-state index is 0.112. The minimum atomic E-state index is -4.43. The number of hydrogen-bond donors (Lipinski definition) is 0. The highest BCUT2D eigenvalue weighted by molar-refractivity contribution is 7.79. The molecule has 128 valence electrons. The highest BCUT2D eigenvalue weighted by Gasteiger charge is 2.52. The summed E-state index contributed by atoms with van der Waals surface area (Å²) in [4.78, 5) is 0. The number of halogens is 4. The van der Waals surface area contributed by atoms with Crippen molar-refractivity contribution in [3.63, 3.8) is 0 Å². The average molecular weight is 358 g/mol. The molecule has 2 nitrogen and oxygen atoms in total. The molecule has 0 spiro atoms. The molecule has 2 aromatic carbocycles. The first-order chi connectivity index (χ1) is 11.3. The quantitative estimate of drug-likeness (QED) is 0.533. The van der Waals surface area contributed by atoms with Crippen molar-refractivity contribution in [3.05, 3.63) is 65.7 Å². The van der Waals surface area contributed by atoms with Crippen molar-refractivity contribution in [1.29, 1.82) is 0 Å². The van der Waals surface area contributed by atoms with E-state index in [0.717, 1.165) is 0 Å². The van der Waals surface area contributed by atoms with Crippen LogP contribution < -0.4 is 4.74 Å². The summed E-state index contributed by atoms with van der Waals surface area (Å²) >= 11 is 4.78. The van der Waals surface area contributed by atoms with Gasteiger partial charge in [0.25, 0.3) is 0 Å². The Morgan fingerprint density at radius 2 is 1.71 bits per heavy atom. The lowest BCUT2D eigenvalue weighted by atomic mass is 10.0. The normalized spacial score (nSPS) is 12.8. The molecule has 0 bridgehead atoms. The van der Waals surface area contributed by atoms with E-state index in [2.05, 4.69) is 0 Å². The highest BCUT2D eigenvalue weighted by Crippen LogP contribution is 2.39. The second-order valence-electron chi connectivity index (χ2n) is 5.05. The van der Waals surface area contributed by atoms with Crippen molar-refractivity contribution in [1.82, 2.24) is 0 Å². The van der Waals surface area contributed by atoms with E-state index in [-0.39, 0.29) is 11.3 Å². The maximum Gasteiger partial charge on any atom is 0.358 e. The van der Waals surface area contributed by atoms with E-state index in [1.54, 1.807) is 31.2 Å². The first-order valence-electron chi connectivity index (χ1n) is 6.96. The molecule has 0 N–H and O–H groups in total. The van der Waals surface area contributed by atoms with E-state index in [4.69, 9.17) is 21.7 Å². The summed E-state index contributed by atoms with van der Waals surface area (Å²) < 4.78 is 63.5. The maximum atomic E-state index is 13.9. The molecule has 0 saturated carbocycles. The van der Waals surface area contributed by atoms with Crippen molar-refractivity contribution in [2.45, 2.75) is 25.4 Å². The third kappa shape index (κ3) is 4.44. The number of benzene rings is 2. The van der Waals surface area contributed by atoms with Crippen LogP contribution >= 0.6 is 12.2 Å². The lowest BCUT2D eigenvalue weighted by Gasteiger charge is -2.27. The second kappa shape index (κ2) is 7.61. The third-order valence-electron chi connectivity index (χ3n) is 3.14. The molecular weight excluding hydrogens is 344 g/mol. The molecule has 0 saturated heterocycles. The van der Waals surface area contributed by atoms with E-state index < -0.39 is 23.7 Å². The van der Waals surface area contributed by atoms with Gasteiger partial charge in [-0.15, -0.1) is 0 Å². The Bertz CT molecular complexity index is 692. The number of ether oxygens (including phenoxy) is 2. The zero-order valence-corrected chi connectivity index (χ0v) is 13.4. The Balaban J connectivity index is 2.25. The van der Waals surface area contributed by atoms with Crippen LogP contribution in [0, 0.1) is 6.92 Å². The van der Waals surface area contributed by atoms with Gasteiger partial charge in [-0.2, -0.15) is 8.78 Å². The Labute approximate surface area is 142 Å². The molecular formula is C17H14F4O2S. The van der Waals surface area contributed by atoms with Crippen molar-refractivity contribution < 1.29 is 27.0 Å². The van der Waals surface area contributed by atoms with E-state index in [1.165, 1.54) is 30.3 Å². The molecule has 0 heterocycles. The van der Waals surface area contributed by atoms with Gasteiger partial charge in [0.15, 0.2) is 6.10 Å². The monoisotopic (exact) mass is 358 g/mol. The summed E-state index contributed by atoms with van der Waals surface area (Å²) in [5.41, 5.74) is 0.514. The van der Waals surface area contributed by atoms with Crippen LogP contribution in [0.4, 0.5) is 17.6 Å². The van der Waals surface area contributed by atoms with E-state index in [9.17, 15) is 17.6 Å². The third-order valence-corrected chi connectivity index (χ3v) is 3.32. The molecule has 1 unspecified atom stereocenters. The van der Waals surface area contributed by atoms with Crippen LogP contribution in [0.25, 0.3) is 0 Å². The maximum absolute atomic E-state index is 13.9. The van der Waals surface area contributed by atoms with Gasteiger partial charge < -0.3 is 9.47 Å². The molecule has 1 atom stereocenters. The standard InChI is InChI=1S/C17H14F4O2S/c1-11-6-5-7-12(10-11)14(17(20,21)15(18)19)23-16(24)22-13-8-3-2-4-9-13/h2-10,14-15H,1H3. The van der Waals surface area contributed by atoms with Gasteiger partial charge in [-0.05, 0) is 24.6 Å². The predicted octanol–water partition coefficient (Wildman–Crippen LogP) is 5.32. The molecule has 0 amide bonds. The number of hydrogen-bond acceptors (Lipinski definition) is 3. The topological polar surface area (TPSA) is 18.5 Å². The lowest BCUT2D eigenvalue weighted by Crippen LogP contribution is -2.37. The van der Waals surface area contributed by atoms with Crippen LogP contribution in [0.1, 0.15) is 17.2 Å². The first-order valence-corrected chi connectivity index (χ1v) is 7.37. The van der Waals surface area contributed by atoms with Crippen LogP contribution in [0.5, 0.6) is 5.75 Å². The molecule has 2 aromatic rings. The Morgan fingerprint density at radius 3 is 2.29 bits per heavy atom. The average Bonchev–Trinajstić information content (AvgIpc) is 2.53. The molecule has 24 heavy (non-hydrogen) atoms.